The minimum absolute atomic E-state index is 0.101. The van der Waals surface area contributed by atoms with Crippen LogP contribution in [-0.4, -0.2) is 46.7 Å². The number of nitro groups is 1. The molecular formula is C17H25N3O4. The second-order valence-electron chi connectivity index (χ2n) is 6.39. The topological polar surface area (TPSA) is 95.7 Å². The van der Waals surface area contributed by atoms with E-state index in [1.807, 2.05) is 6.92 Å². The van der Waals surface area contributed by atoms with Crippen LogP contribution in [0.2, 0.25) is 0 Å². The van der Waals surface area contributed by atoms with Gasteiger partial charge < -0.3 is 15.3 Å². The number of hydrogen-bond acceptors (Lipinski definition) is 4. The third-order valence-corrected chi connectivity index (χ3v) is 4.52. The SMILES string of the molecule is CC1CCN(C(=O)NCCCCc2ccc([N+](=O)[O-])cc2)CC1O. The average molecular weight is 335 g/mol. The number of aliphatic hydroxyl groups excluding tert-OH is 1. The smallest absolute Gasteiger partial charge is 0.317 e. The number of urea groups is 1. The number of β-amino-alcohol motifs (C(OH)–C–C–N with tert-alkyl or cyclic N) is 1. The first-order valence-corrected chi connectivity index (χ1v) is 8.41. The summed E-state index contributed by atoms with van der Waals surface area (Å²) in [5.74, 6) is 0.246. The zero-order chi connectivity index (χ0) is 17.5. The van der Waals surface area contributed by atoms with Gasteiger partial charge in [0, 0.05) is 31.8 Å². The van der Waals surface area contributed by atoms with E-state index in [1.165, 1.54) is 12.1 Å². The Kier molecular flexibility index (Phi) is 6.54. The largest absolute Gasteiger partial charge is 0.391 e. The monoisotopic (exact) mass is 335 g/mol. The molecule has 0 spiro atoms. The highest BCUT2D eigenvalue weighted by atomic mass is 16.6. The molecule has 0 aromatic heterocycles. The van der Waals surface area contributed by atoms with Crippen LogP contribution in [0.15, 0.2) is 24.3 Å². The molecule has 2 atom stereocenters. The minimum atomic E-state index is -0.438. The van der Waals surface area contributed by atoms with Gasteiger partial charge in [-0.05, 0) is 37.2 Å². The first kappa shape index (κ1) is 18.2. The summed E-state index contributed by atoms with van der Waals surface area (Å²) in [7, 11) is 0. The second-order valence-corrected chi connectivity index (χ2v) is 6.39. The maximum atomic E-state index is 12.0. The predicted molar refractivity (Wildman–Crippen MR) is 90.8 cm³/mol. The van der Waals surface area contributed by atoms with Crippen LogP contribution in [0.1, 0.15) is 31.7 Å². The quantitative estimate of drug-likeness (QED) is 0.474. The van der Waals surface area contributed by atoms with Crippen LogP contribution in [-0.2, 0) is 6.42 Å². The summed E-state index contributed by atoms with van der Waals surface area (Å²) < 4.78 is 0. The highest BCUT2D eigenvalue weighted by molar-refractivity contribution is 5.74. The van der Waals surface area contributed by atoms with E-state index in [4.69, 9.17) is 0 Å². The molecule has 2 N–H and O–H groups in total. The number of nitrogens with zero attached hydrogens (tertiary/aromatic N) is 2. The molecule has 1 heterocycles. The lowest BCUT2D eigenvalue weighted by Crippen LogP contribution is -2.49. The van der Waals surface area contributed by atoms with E-state index in [-0.39, 0.29) is 17.6 Å². The van der Waals surface area contributed by atoms with E-state index in [9.17, 15) is 20.0 Å². The Morgan fingerprint density at radius 2 is 2.08 bits per heavy atom. The Morgan fingerprint density at radius 1 is 1.38 bits per heavy atom. The van der Waals surface area contributed by atoms with Gasteiger partial charge in [0.25, 0.3) is 5.69 Å². The molecule has 1 aliphatic rings. The first-order chi connectivity index (χ1) is 11.5. The molecule has 0 radical (unpaired) electrons. The number of rotatable bonds is 6. The number of unbranched alkanes of at least 4 members (excludes halogenated alkanes) is 1. The van der Waals surface area contributed by atoms with E-state index in [0.717, 1.165) is 31.2 Å². The van der Waals surface area contributed by atoms with Crippen molar-refractivity contribution >= 4 is 11.7 Å². The molecule has 0 saturated carbocycles. The number of hydrogen-bond donors (Lipinski definition) is 2. The van der Waals surface area contributed by atoms with Crippen molar-refractivity contribution in [3.8, 4) is 0 Å². The number of piperidine rings is 1. The molecule has 1 aliphatic heterocycles. The Morgan fingerprint density at radius 3 is 2.71 bits per heavy atom. The van der Waals surface area contributed by atoms with Crippen molar-refractivity contribution in [2.75, 3.05) is 19.6 Å². The molecule has 1 saturated heterocycles. The van der Waals surface area contributed by atoms with Crippen LogP contribution >= 0.6 is 0 Å². The van der Waals surface area contributed by atoms with Gasteiger partial charge in [-0.25, -0.2) is 4.79 Å². The number of carbonyl (C=O) groups excluding carboxylic acids is 1. The van der Waals surface area contributed by atoms with Crippen molar-refractivity contribution in [3.63, 3.8) is 0 Å². The summed E-state index contributed by atoms with van der Waals surface area (Å²) in [5.41, 5.74) is 1.16. The van der Waals surface area contributed by atoms with E-state index in [0.29, 0.717) is 19.6 Å². The van der Waals surface area contributed by atoms with Crippen LogP contribution in [0.4, 0.5) is 10.5 Å². The molecule has 0 bridgehead atoms. The fourth-order valence-electron chi connectivity index (χ4n) is 2.78. The van der Waals surface area contributed by atoms with Crippen molar-refractivity contribution in [1.29, 1.82) is 0 Å². The zero-order valence-electron chi connectivity index (χ0n) is 14.0. The van der Waals surface area contributed by atoms with Crippen molar-refractivity contribution in [2.24, 2.45) is 5.92 Å². The van der Waals surface area contributed by atoms with E-state index >= 15 is 0 Å². The first-order valence-electron chi connectivity index (χ1n) is 8.41. The molecule has 1 aromatic carbocycles. The van der Waals surface area contributed by atoms with E-state index < -0.39 is 11.0 Å². The number of benzene rings is 1. The summed E-state index contributed by atoms with van der Waals surface area (Å²) in [6.07, 6.45) is 2.96. The van der Waals surface area contributed by atoms with Crippen molar-refractivity contribution in [2.45, 2.75) is 38.7 Å². The van der Waals surface area contributed by atoms with Gasteiger partial charge in [0.1, 0.15) is 0 Å². The lowest BCUT2D eigenvalue weighted by atomic mass is 9.96. The molecule has 2 rings (SSSR count). The molecule has 7 heteroatoms. The lowest BCUT2D eigenvalue weighted by Gasteiger charge is -2.34. The van der Waals surface area contributed by atoms with E-state index in [1.54, 1.807) is 17.0 Å². The fourth-order valence-corrected chi connectivity index (χ4v) is 2.78. The van der Waals surface area contributed by atoms with Gasteiger partial charge in [-0.15, -0.1) is 0 Å². The molecule has 132 valence electrons. The van der Waals surface area contributed by atoms with Crippen LogP contribution in [0.3, 0.4) is 0 Å². The minimum Gasteiger partial charge on any atom is -0.391 e. The van der Waals surface area contributed by atoms with Crippen LogP contribution < -0.4 is 5.32 Å². The summed E-state index contributed by atoms with van der Waals surface area (Å²) in [4.78, 5) is 23.9. The summed E-state index contributed by atoms with van der Waals surface area (Å²) in [6.45, 7) is 3.68. The Bertz CT molecular complexity index is 561. The predicted octanol–water partition coefficient (Wildman–Crippen LogP) is 2.33. The summed E-state index contributed by atoms with van der Waals surface area (Å²) in [6, 6.07) is 6.45. The van der Waals surface area contributed by atoms with Crippen LogP contribution in [0, 0.1) is 16.0 Å². The number of aryl methyl sites for hydroxylation is 1. The van der Waals surface area contributed by atoms with Gasteiger partial charge in [-0.2, -0.15) is 0 Å². The summed E-state index contributed by atoms with van der Waals surface area (Å²) >= 11 is 0. The van der Waals surface area contributed by atoms with Gasteiger partial charge in [0.2, 0.25) is 0 Å². The number of nitro benzene ring substituents is 1. The Labute approximate surface area is 141 Å². The molecular weight excluding hydrogens is 310 g/mol. The molecule has 0 aliphatic carbocycles. The Hall–Kier alpha value is -2.15. The Balaban J connectivity index is 1.62. The average Bonchev–Trinajstić information content (AvgIpc) is 2.57. The number of non-ortho nitro benzene ring substituents is 1. The fraction of sp³-hybridized carbons (Fsp3) is 0.588. The van der Waals surface area contributed by atoms with Crippen molar-refractivity contribution in [1.82, 2.24) is 10.2 Å². The molecule has 2 amide bonds. The number of nitrogens with one attached hydrogen (secondary N) is 1. The lowest BCUT2D eigenvalue weighted by molar-refractivity contribution is -0.384. The van der Waals surface area contributed by atoms with Gasteiger partial charge in [-0.1, -0.05) is 19.1 Å². The normalized spacial score (nSPS) is 20.7. The molecule has 1 fully saturated rings. The van der Waals surface area contributed by atoms with Crippen molar-refractivity contribution in [3.05, 3.63) is 39.9 Å². The molecule has 2 unspecified atom stereocenters. The molecule has 24 heavy (non-hydrogen) atoms. The number of likely N-dealkylation sites (tertiary alicyclic amines) is 1. The highest BCUT2D eigenvalue weighted by Crippen LogP contribution is 2.17. The third-order valence-electron chi connectivity index (χ3n) is 4.52. The maximum absolute atomic E-state index is 12.0. The molecule has 7 nitrogen and oxygen atoms in total. The van der Waals surface area contributed by atoms with Crippen molar-refractivity contribution < 1.29 is 14.8 Å². The second kappa shape index (κ2) is 8.63. The van der Waals surface area contributed by atoms with Gasteiger partial charge in [-0.3, -0.25) is 10.1 Å². The molecule has 1 aromatic rings. The summed E-state index contributed by atoms with van der Waals surface area (Å²) in [5, 5.41) is 23.3. The van der Waals surface area contributed by atoms with E-state index in [2.05, 4.69) is 5.32 Å². The van der Waals surface area contributed by atoms with Crippen LogP contribution in [0.5, 0.6) is 0 Å². The van der Waals surface area contributed by atoms with Gasteiger partial charge in [0.05, 0.1) is 11.0 Å². The number of aliphatic hydroxyl groups is 1. The third kappa shape index (κ3) is 5.19. The zero-order valence-corrected chi connectivity index (χ0v) is 14.0. The standard InChI is InChI=1S/C17H25N3O4/c1-13-9-11-19(12-16(13)21)17(22)18-10-3-2-4-14-5-7-15(8-6-14)20(23)24/h5-8,13,16,21H,2-4,9-12H2,1H3,(H,18,22). The maximum Gasteiger partial charge on any atom is 0.317 e. The highest BCUT2D eigenvalue weighted by Gasteiger charge is 2.26. The van der Waals surface area contributed by atoms with Crippen LogP contribution in [0.25, 0.3) is 0 Å². The number of amides is 2. The number of carbonyl (C=O) groups is 1. The van der Waals surface area contributed by atoms with Gasteiger partial charge in [0.15, 0.2) is 0 Å². The van der Waals surface area contributed by atoms with Gasteiger partial charge >= 0.3 is 6.03 Å².